The summed E-state index contributed by atoms with van der Waals surface area (Å²) in [5.74, 6) is 0. The van der Waals surface area contributed by atoms with Gasteiger partial charge in [0, 0.05) is 0 Å². The first-order chi connectivity index (χ1) is 5.27. The Morgan fingerprint density at radius 1 is 0.909 bits per heavy atom. The van der Waals surface area contributed by atoms with Crippen LogP contribution in [0.15, 0.2) is 12.1 Å². The topological polar surface area (TPSA) is 0 Å². The first-order valence-electron chi connectivity index (χ1n) is 4.18. The number of fused-ring (bicyclic) bond motifs is 1. The summed E-state index contributed by atoms with van der Waals surface area (Å²) in [6.45, 7) is 4.38. The zero-order valence-electron chi connectivity index (χ0n) is 7.15. The maximum atomic E-state index is 2.35. The van der Waals surface area contributed by atoms with Crippen LogP contribution in [0.5, 0.6) is 0 Å². The number of rotatable bonds is 0. The summed E-state index contributed by atoms with van der Waals surface area (Å²) in [4.78, 5) is 0. The molecule has 0 saturated heterocycles. The van der Waals surface area contributed by atoms with Crippen molar-refractivity contribution in [2.75, 3.05) is 0 Å². The Kier molecular flexibility index (Phi) is 1.49. The van der Waals surface area contributed by atoms with Crippen LogP contribution >= 0.6 is 0 Å². The highest BCUT2D eigenvalue weighted by Crippen LogP contribution is 2.24. The molecule has 11 heavy (non-hydrogen) atoms. The van der Waals surface area contributed by atoms with E-state index in [1.807, 2.05) is 0 Å². The molecule has 57 valence electrons. The highest BCUT2D eigenvalue weighted by atomic mass is 14.2. The van der Waals surface area contributed by atoms with Gasteiger partial charge in [-0.05, 0) is 55.4 Å². The fraction of sp³-hybridized carbons (Fsp3) is 0.364. The molecule has 0 heterocycles. The summed E-state index contributed by atoms with van der Waals surface area (Å²) in [6.07, 6.45) is 4.70. The Morgan fingerprint density at radius 3 is 1.82 bits per heavy atom. The van der Waals surface area contributed by atoms with Gasteiger partial charge in [0.2, 0.25) is 0 Å². The van der Waals surface area contributed by atoms with E-state index in [-0.39, 0.29) is 0 Å². The van der Waals surface area contributed by atoms with Crippen molar-refractivity contribution >= 4 is 0 Å². The van der Waals surface area contributed by atoms with Gasteiger partial charge in [-0.3, -0.25) is 0 Å². The molecule has 2 rings (SSSR count). The van der Waals surface area contributed by atoms with Crippen LogP contribution in [0.1, 0.15) is 22.3 Å². The minimum atomic E-state index is 1.18. The first kappa shape index (κ1) is 6.90. The van der Waals surface area contributed by atoms with Crippen molar-refractivity contribution < 1.29 is 0 Å². The van der Waals surface area contributed by atoms with Crippen LogP contribution in [0, 0.1) is 20.3 Å². The monoisotopic (exact) mass is 145 g/mol. The normalized spacial score (nSPS) is 15.1. The second-order valence-electron chi connectivity index (χ2n) is 3.40. The molecular formula is C11H13. The fourth-order valence-electron chi connectivity index (χ4n) is 1.70. The molecule has 0 saturated carbocycles. The average Bonchev–Trinajstić information content (AvgIpc) is 2.36. The molecule has 0 aliphatic heterocycles. The van der Waals surface area contributed by atoms with Crippen molar-refractivity contribution in [3.05, 3.63) is 40.8 Å². The van der Waals surface area contributed by atoms with Crippen LogP contribution in [0.4, 0.5) is 0 Å². The summed E-state index contributed by atoms with van der Waals surface area (Å²) in [6, 6.07) is 4.66. The minimum Gasteiger partial charge on any atom is -0.0556 e. The molecular weight excluding hydrogens is 132 g/mol. The van der Waals surface area contributed by atoms with E-state index < -0.39 is 0 Å². The first-order valence-corrected chi connectivity index (χ1v) is 4.18. The Labute approximate surface area is 68.3 Å². The van der Waals surface area contributed by atoms with E-state index in [4.69, 9.17) is 0 Å². The third-order valence-corrected chi connectivity index (χ3v) is 2.54. The third kappa shape index (κ3) is 1.07. The van der Waals surface area contributed by atoms with Crippen LogP contribution in [0.2, 0.25) is 0 Å². The van der Waals surface area contributed by atoms with Crippen molar-refractivity contribution in [2.45, 2.75) is 26.7 Å². The molecule has 1 aliphatic rings. The Hall–Kier alpha value is -0.780. The van der Waals surface area contributed by atoms with Gasteiger partial charge < -0.3 is 0 Å². The standard InChI is InChI=1S/C11H13/c1-8-6-10-4-3-5-11(10)7-9(8)2/h3,6-7H,4-5H2,1-2H3. The van der Waals surface area contributed by atoms with Crippen LogP contribution in [0.3, 0.4) is 0 Å². The molecule has 0 bridgehead atoms. The van der Waals surface area contributed by atoms with E-state index in [1.165, 1.54) is 35.1 Å². The van der Waals surface area contributed by atoms with Gasteiger partial charge in [0.1, 0.15) is 0 Å². The van der Waals surface area contributed by atoms with E-state index in [0.717, 1.165) is 0 Å². The average molecular weight is 145 g/mol. The molecule has 0 nitrogen and oxygen atoms in total. The van der Waals surface area contributed by atoms with E-state index in [2.05, 4.69) is 32.4 Å². The molecule has 1 aromatic carbocycles. The van der Waals surface area contributed by atoms with Gasteiger partial charge in [0.05, 0.1) is 0 Å². The number of aryl methyl sites for hydroxylation is 2. The van der Waals surface area contributed by atoms with E-state index in [0.29, 0.717) is 0 Å². The maximum Gasteiger partial charge on any atom is -0.0241 e. The zero-order valence-corrected chi connectivity index (χ0v) is 7.15. The summed E-state index contributed by atoms with van der Waals surface area (Å²) < 4.78 is 0. The van der Waals surface area contributed by atoms with Gasteiger partial charge in [-0.15, -0.1) is 0 Å². The van der Waals surface area contributed by atoms with Gasteiger partial charge in [-0.25, -0.2) is 0 Å². The Morgan fingerprint density at radius 2 is 1.36 bits per heavy atom. The lowest BCUT2D eigenvalue weighted by Crippen LogP contribution is -1.87. The van der Waals surface area contributed by atoms with Gasteiger partial charge in [-0.2, -0.15) is 0 Å². The van der Waals surface area contributed by atoms with Crippen LogP contribution in [0.25, 0.3) is 0 Å². The molecule has 0 heteroatoms. The molecule has 1 aliphatic carbocycles. The lowest BCUT2D eigenvalue weighted by Gasteiger charge is -2.03. The molecule has 0 aromatic heterocycles. The van der Waals surface area contributed by atoms with Crippen LogP contribution in [-0.4, -0.2) is 0 Å². The number of benzene rings is 1. The quantitative estimate of drug-likeness (QED) is 0.526. The van der Waals surface area contributed by atoms with Crippen LogP contribution in [-0.2, 0) is 12.8 Å². The second-order valence-corrected chi connectivity index (χ2v) is 3.40. The van der Waals surface area contributed by atoms with E-state index in [9.17, 15) is 0 Å². The molecule has 0 atom stereocenters. The summed E-state index contributed by atoms with van der Waals surface area (Å²) in [7, 11) is 0. The summed E-state index contributed by atoms with van der Waals surface area (Å²) >= 11 is 0. The molecule has 1 aromatic rings. The predicted octanol–water partition coefficient (Wildman–Crippen LogP) is 2.61. The van der Waals surface area contributed by atoms with Crippen molar-refractivity contribution in [1.82, 2.24) is 0 Å². The van der Waals surface area contributed by atoms with Crippen molar-refractivity contribution in [1.29, 1.82) is 0 Å². The van der Waals surface area contributed by atoms with Gasteiger partial charge in [0.15, 0.2) is 0 Å². The Balaban J connectivity index is 2.57. The van der Waals surface area contributed by atoms with E-state index in [1.54, 1.807) is 0 Å². The maximum absolute atomic E-state index is 2.35. The lowest BCUT2D eigenvalue weighted by molar-refractivity contribution is 1.17. The van der Waals surface area contributed by atoms with Crippen LogP contribution < -0.4 is 0 Å². The number of hydrogen-bond donors (Lipinski definition) is 0. The molecule has 0 fully saturated rings. The van der Waals surface area contributed by atoms with Crippen molar-refractivity contribution in [3.8, 4) is 0 Å². The van der Waals surface area contributed by atoms with Gasteiger partial charge in [0.25, 0.3) is 0 Å². The molecule has 0 amide bonds. The SMILES string of the molecule is Cc1cc2c(cc1C)C[CH]C2. The van der Waals surface area contributed by atoms with E-state index >= 15 is 0 Å². The largest absolute Gasteiger partial charge is 0.0556 e. The second kappa shape index (κ2) is 2.37. The number of hydrogen-bond acceptors (Lipinski definition) is 0. The lowest BCUT2D eigenvalue weighted by atomic mass is 10.0. The molecule has 0 unspecified atom stereocenters. The molecule has 0 spiro atoms. The van der Waals surface area contributed by atoms with Crippen molar-refractivity contribution in [2.24, 2.45) is 0 Å². The smallest absolute Gasteiger partial charge is 0.0241 e. The highest BCUT2D eigenvalue weighted by molar-refractivity contribution is 5.41. The zero-order chi connectivity index (χ0) is 7.84. The third-order valence-electron chi connectivity index (χ3n) is 2.54. The molecule has 1 radical (unpaired) electrons. The van der Waals surface area contributed by atoms with Gasteiger partial charge >= 0.3 is 0 Å². The highest BCUT2D eigenvalue weighted by Gasteiger charge is 2.11. The Bertz CT molecular complexity index is 255. The minimum absolute atomic E-state index is 1.18. The fourth-order valence-corrected chi connectivity index (χ4v) is 1.70. The predicted molar refractivity (Wildman–Crippen MR) is 47.6 cm³/mol. The van der Waals surface area contributed by atoms with Crippen molar-refractivity contribution in [3.63, 3.8) is 0 Å². The summed E-state index contributed by atoms with van der Waals surface area (Å²) in [5.41, 5.74) is 5.93. The summed E-state index contributed by atoms with van der Waals surface area (Å²) in [5, 5.41) is 0. The molecule has 0 N–H and O–H groups in total. The van der Waals surface area contributed by atoms with Gasteiger partial charge in [-0.1, -0.05) is 12.1 Å².